The van der Waals surface area contributed by atoms with E-state index in [4.69, 9.17) is 21.0 Å². The van der Waals surface area contributed by atoms with Crippen LogP contribution in [0, 0.1) is 0 Å². The molecule has 0 aromatic heterocycles. The summed E-state index contributed by atoms with van der Waals surface area (Å²) in [7, 11) is 0. The number of aliphatic hydroxyl groups excluding tert-OH is 1. The number of carbonyl (C=O) groups excluding carboxylic acids is 9. The number of unbranched alkanes of at least 4 members (excludes halogenated alkanes) is 2. The Hall–Kier alpha value is -8.98. The number of carboxylic acid groups (broad SMARTS) is 2. The quantitative estimate of drug-likeness (QED) is 0.0225. The SMILES string of the molecule is CC(=O)N[C@H](CCCCNC(=O)c1ccc(C(=O)O)c(-c2c3ccc(=O)cc-3oc3cc(O)ccc23)c1)C(=O)N[C@H](C)C(=O)N[C@H](C)C(=O)N[C@H](C)C(=O)N[C@@H](C(=O)N[C@H](CCCCN)C(=O)N[C@H](CCC(=O)O)C(N)=O)[C@H](C)O. The van der Waals surface area contributed by atoms with Gasteiger partial charge in [0.15, 0.2) is 5.43 Å². The number of phenolic OH excluding ortho intramolecular Hbond substituents is 1. The number of rotatable bonds is 30. The van der Waals surface area contributed by atoms with E-state index in [1.165, 1.54) is 89.2 Å². The number of carbonyl (C=O) groups is 11. The fourth-order valence-corrected chi connectivity index (χ4v) is 8.24. The van der Waals surface area contributed by atoms with Gasteiger partial charge in [-0.3, -0.25) is 52.7 Å². The zero-order valence-corrected chi connectivity index (χ0v) is 44.6. The Labute approximate surface area is 458 Å². The lowest BCUT2D eigenvalue weighted by atomic mass is 9.89. The first kappa shape index (κ1) is 63.6. The number of nitrogens with one attached hydrogen (secondary N) is 8. The topological polar surface area (TPSA) is 447 Å². The molecular weight excluding hydrogens is 1050 g/mol. The van der Waals surface area contributed by atoms with E-state index in [0.717, 1.165) is 0 Å². The highest BCUT2D eigenvalue weighted by Crippen LogP contribution is 2.42. The molecule has 0 spiro atoms. The maximum Gasteiger partial charge on any atom is 0.336 e. The minimum absolute atomic E-state index is 0.00831. The maximum absolute atomic E-state index is 13.5. The fraction of sp³-hybridized carbons (Fsp3) is 0.434. The lowest BCUT2D eigenvalue weighted by Gasteiger charge is -2.27. The van der Waals surface area contributed by atoms with Crippen molar-refractivity contribution in [3.05, 3.63) is 75.9 Å². The predicted molar refractivity (Wildman–Crippen MR) is 286 cm³/mol. The number of benzene rings is 3. The van der Waals surface area contributed by atoms with E-state index in [1.54, 1.807) is 0 Å². The molecule has 80 heavy (non-hydrogen) atoms. The average Bonchev–Trinajstić information content (AvgIpc) is 3.38. The second-order valence-electron chi connectivity index (χ2n) is 19.0. The van der Waals surface area contributed by atoms with Gasteiger partial charge in [-0.2, -0.15) is 0 Å². The van der Waals surface area contributed by atoms with Gasteiger partial charge in [0.2, 0.25) is 47.3 Å². The van der Waals surface area contributed by atoms with Crippen molar-refractivity contribution in [1.82, 2.24) is 42.5 Å². The molecular formula is C53H68N10O17. The normalized spacial score (nSPS) is 14.1. The van der Waals surface area contributed by atoms with Crippen molar-refractivity contribution in [2.45, 2.75) is 134 Å². The number of aliphatic hydroxyl groups is 1. The first-order valence-corrected chi connectivity index (χ1v) is 25.6. The Kier molecular flexibility index (Phi) is 23.6. The number of aromatic hydroxyl groups is 1. The van der Waals surface area contributed by atoms with Gasteiger partial charge in [-0.15, -0.1) is 0 Å². The fourth-order valence-electron chi connectivity index (χ4n) is 8.24. The first-order chi connectivity index (χ1) is 37.7. The molecule has 1 aliphatic heterocycles. The van der Waals surface area contributed by atoms with Crippen LogP contribution in [0.5, 0.6) is 5.75 Å². The molecule has 0 saturated heterocycles. The summed E-state index contributed by atoms with van der Waals surface area (Å²) >= 11 is 0. The van der Waals surface area contributed by atoms with Crippen molar-refractivity contribution in [2.75, 3.05) is 13.1 Å². The molecule has 8 atom stereocenters. The zero-order chi connectivity index (χ0) is 59.5. The van der Waals surface area contributed by atoms with Gasteiger partial charge in [0.25, 0.3) is 5.91 Å². The van der Waals surface area contributed by atoms with Crippen LogP contribution in [0.2, 0.25) is 0 Å². The number of hydrogen-bond donors (Lipinski definition) is 14. The number of amides is 9. The molecule has 0 fully saturated rings. The van der Waals surface area contributed by atoms with E-state index in [9.17, 15) is 72.9 Å². The van der Waals surface area contributed by atoms with Crippen LogP contribution in [-0.4, -0.2) is 147 Å². The number of aromatic carboxylic acids is 1. The molecule has 1 aliphatic carbocycles. The number of phenols is 1. The van der Waals surface area contributed by atoms with Gasteiger partial charge < -0.3 is 78.8 Å². The van der Waals surface area contributed by atoms with Crippen LogP contribution in [0.3, 0.4) is 0 Å². The van der Waals surface area contributed by atoms with Crippen LogP contribution in [0.1, 0.15) is 107 Å². The standard InChI is InChI=1S/C53H68N10O17/c1-25(46(71)58-27(3)48(73)63-44(28(4)64)52(77)62-39(10-6-8-20-54)51(76)61-37(45(55)70)18-19-42(68)69)57-47(72)26(2)59-50(75)38(60-29(5)65)11-7-9-21-56-49(74)30-12-15-33(53(78)79)36(22-30)43-34-16-13-31(66)23-40(34)80-41-24-32(67)14-17-35(41)43/h12-17,22-28,37-39,44,64,66H,6-11,18-21,54H2,1-5H3,(H2,55,70)(H,56,74)(H,57,72)(H,58,71)(H,59,75)(H,60,65)(H,61,76)(H,62,77)(H,63,73)(H,68,69)(H,78,79)/t25-,26-,27-,28+,37-,38-,39-,44-/m1/s1. The van der Waals surface area contributed by atoms with E-state index in [1.807, 2.05) is 0 Å². The third-order valence-corrected chi connectivity index (χ3v) is 12.6. The van der Waals surface area contributed by atoms with Gasteiger partial charge in [-0.05, 0) is 127 Å². The van der Waals surface area contributed by atoms with Gasteiger partial charge in [-0.25, -0.2) is 4.79 Å². The number of carboxylic acids is 2. The van der Waals surface area contributed by atoms with Gasteiger partial charge >= 0.3 is 11.9 Å². The molecule has 432 valence electrons. The van der Waals surface area contributed by atoms with Crippen molar-refractivity contribution in [2.24, 2.45) is 11.5 Å². The third kappa shape index (κ3) is 18.3. The lowest BCUT2D eigenvalue weighted by Crippen LogP contribution is -2.61. The summed E-state index contributed by atoms with van der Waals surface area (Å²) in [6.45, 7) is 6.52. The number of hydrogen-bond acceptors (Lipinski definition) is 16. The second-order valence-corrected chi connectivity index (χ2v) is 19.0. The van der Waals surface area contributed by atoms with E-state index < -0.39 is 120 Å². The molecule has 0 saturated carbocycles. The number of aliphatic carboxylic acids is 1. The molecule has 2 aliphatic rings. The Morgan fingerprint density at radius 3 is 1.76 bits per heavy atom. The average molecular weight is 1120 g/mol. The number of primary amides is 1. The molecule has 27 heteroatoms. The highest BCUT2D eigenvalue weighted by atomic mass is 16.4. The van der Waals surface area contributed by atoms with Crippen LogP contribution < -0.4 is 59.4 Å². The Balaban J connectivity index is 1.31. The van der Waals surface area contributed by atoms with Gasteiger partial charge in [-0.1, -0.05) is 0 Å². The van der Waals surface area contributed by atoms with E-state index in [-0.39, 0.29) is 78.0 Å². The lowest BCUT2D eigenvalue weighted by molar-refractivity contribution is -0.138. The summed E-state index contributed by atoms with van der Waals surface area (Å²) in [5, 5.41) is 59.8. The molecule has 9 amide bonds. The van der Waals surface area contributed by atoms with Crippen LogP contribution >= 0.6 is 0 Å². The molecule has 27 nitrogen and oxygen atoms in total. The minimum atomic E-state index is -1.68. The van der Waals surface area contributed by atoms with Crippen molar-refractivity contribution in [1.29, 1.82) is 0 Å². The summed E-state index contributed by atoms with van der Waals surface area (Å²) in [6, 6.07) is 2.73. The largest absolute Gasteiger partial charge is 0.508 e. The Morgan fingerprint density at radius 2 is 1.19 bits per heavy atom. The smallest absolute Gasteiger partial charge is 0.336 e. The van der Waals surface area contributed by atoms with Crippen LogP contribution in [0.15, 0.2) is 63.8 Å². The first-order valence-electron chi connectivity index (χ1n) is 25.6. The Bertz CT molecular complexity index is 3000. The number of nitrogens with two attached hydrogens (primary N) is 2. The van der Waals surface area contributed by atoms with E-state index in [0.29, 0.717) is 35.8 Å². The summed E-state index contributed by atoms with van der Waals surface area (Å²) in [6.07, 6.45) is -1.01. The molecule has 0 unspecified atom stereocenters. The minimum Gasteiger partial charge on any atom is -0.508 e. The van der Waals surface area contributed by atoms with Crippen LogP contribution in [0.4, 0.5) is 0 Å². The van der Waals surface area contributed by atoms with Gasteiger partial charge in [0.1, 0.15) is 59.4 Å². The van der Waals surface area contributed by atoms with E-state index >= 15 is 0 Å². The molecule has 0 radical (unpaired) electrons. The molecule has 0 bridgehead atoms. The molecule has 2 aromatic carbocycles. The van der Waals surface area contributed by atoms with Crippen molar-refractivity contribution < 1.29 is 77.6 Å². The molecule has 16 N–H and O–H groups in total. The van der Waals surface area contributed by atoms with E-state index in [2.05, 4.69) is 42.5 Å². The number of fused-ring (bicyclic) bond motifs is 2. The van der Waals surface area contributed by atoms with Crippen LogP contribution in [-0.2, 0) is 43.2 Å². The van der Waals surface area contributed by atoms with Crippen LogP contribution in [0.25, 0.3) is 33.4 Å². The highest BCUT2D eigenvalue weighted by molar-refractivity contribution is 6.09. The molecule has 1 heterocycles. The maximum atomic E-state index is 13.5. The summed E-state index contributed by atoms with van der Waals surface area (Å²) < 4.78 is 5.88. The van der Waals surface area contributed by atoms with Crippen molar-refractivity contribution >= 4 is 76.1 Å². The molecule has 4 rings (SSSR count). The van der Waals surface area contributed by atoms with Crippen molar-refractivity contribution in [3.8, 4) is 28.2 Å². The monoisotopic (exact) mass is 1120 g/mol. The molecule has 2 aromatic rings. The Morgan fingerprint density at radius 1 is 0.613 bits per heavy atom. The summed E-state index contributed by atoms with van der Waals surface area (Å²) in [5.41, 5.74) is 11.5. The summed E-state index contributed by atoms with van der Waals surface area (Å²) in [5.74, 6) is -10.1. The second kappa shape index (κ2) is 29.7. The summed E-state index contributed by atoms with van der Waals surface area (Å²) in [4.78, 5) is 153. The van der Waals surface area contributed by atoms with Gasteiger partial charge in [0.05, 0.1) is 11.7 Å². The predicted octanol–water partition coefficient (Wildman–Crippen LogP) is -0.798. The third-order valence-electron chi connectivity index (χ3n) is 12.6. The highest BCUT2D eigenvalue weighted by Gasteiger charge is 2.34. The van der Waals surface area contributed by atoms with Gasteiger partial charge in [0, 0.05) is 54.1 Å². The zero-order valence-electron chi connectivity index (χ0n) is 44.6. The van der Waals surface area contributed by atoms with Crippen molar-refractivity contribution in [3.63, 3.8) is 0 Å².